The van der Waals surface area contributed by atoms with Gasteiger partial charge in [0.15, 0.2) is 0 Å². The van der Waals surface area contributed by atoms with E-state index < -0.39 is 0 Å². The molecule has 1 fully saturated rings. The van der Waals surface area contributed by atoms with E-state index in [0.717, 1.165) is 37.5 Å². The van der Waals surface area contributed by atoms with Crippen molar-refractivity contribution in [1.29, 1.82) is 0 Å². The fourth-order valence-corrected chi connectivity index (χ4v) is 2.71. The summed E-state index contributed by atoms with van der Waals surface area (Å²) in [6, 6.07) is 8.21. The zero-order chi connectivity index (χ0) is 14.4. The largest absolute Gasteiger partial charge is 0.352 e. The molecular formula is C16H21ClN2O. The van der Waals surface area contributed by atoms with Crippen molar-refractivity contribution in [2.75, 3.05) is 13.1 Å². The Morgan fingerprint density at radius 3 is 2.90 bits per heavy atom. The summed E-state index contributed by atoms with van der Waals surface area (Å²) in [5, 5.41) is 3.84. The molecular weight excluding hydrogens is 272 g/mol. The number of nitrogens with one attached hydrogen (secondary N) is 1. The Morgan fingerprint density at radius 2 is 2.20 bits per heavy atom. The lowest BCUT2D eigenvalue weighted by atomic mass is 10.0. The number of likely N-dealkylation sites (tertiary alicyclic amines) is 1. The average molecular weight is 293 g/mol. The molecule has 1 aromatic carbocycles. The average Bonchev–Trinajstić information content (AvgIpc) is 2.42. The van der Waals surface area contributed by atoms with Crippen molar-refractivity contribution < 1.29 is 4.79 Å². The van der Waals surface area contributed by atoms with E-state index >= 15 is 0 Å². The number of benzene rings is 1. The van der Waals surface area contributed by atoms with Gasteiger partial charge in [-0.25, -0.2) is 0 Å². The Bertz CT molecular complexity index is 458. The van der Waals surface area contributed by atoms with Crippen LogP contribution in [0.4, 0.5) is 0 Å². The van der Waals surface area contributed by atoms with Crippen LogP contribution >= 0.6 is 11.6 Å². The molecule has 3 nitrogen and oxygen atoms in total. The number of hydrogen-bond donors (Lipinski definition) is 1. The van der Waals surface area contributed by atoms with Gasteiger partial charge in [0.25, 0.3) is 0 Å². The summed E-state index contributed by atoms with van der Waals surface area (Å²) < 4.78 is 0. The number of hydrogen-bond acceptors (Lipinski definition) is 2. The highest BCUT2D eigenvalue weighted by Gasteiger charge is 2.20. The smallest absolute Gasteiger partial charge is 0.224 e. The Labute approximate surface area is 125 Å². The highest BCUT2D eigenvalue weighted by atomic mass is 35.5. The first-order valence-electron chi connectivity index (χ1n) is 7.04. The minimum Gasteiger partial charge on any atom is -0.352 e. The molecule has 20 heavy (non-hydrogen) atoms. The number of amides is 1. The molecule has 0 aliphatic carbocycles. The second-order valence-corrected chi connectivity index (χ2v) is 5.70. The van der Waals surface area contributed by atoms with Gasteiger partial charge < -0.3 is 5.32 Å². The van der Waals surface area contributed by atoms with E-state index in [1.165, 1.54) is 5.56 Å². The van der Waals surface area contributed by atoms with Crippen molar-refractivity contribution in [3.63, 3.8) is 0 Å². The fraction of sp³-hybridized carbons (Fsp3) is 0.438. The molecule has 1 aliphatic rings. The molecule has 4 heteroatoms. The Morgan fingerprint density at radius 1 is 1.45 bits per heavy atom. The molecule has 1 aliphatic heterocycles. The summed E-state index contributed by atoms with van der Waals surface area (Å²) >= 11 is 5.90. The predicted molar refractivity (Wildman–Crippen MR) is 82.7 cm³/mol. The van der Waals surface area contributed by atoms with Crippen LogP contribution in [0.3, 0.4) is 0 Å². The van der Waals surface area contributed by atoms with Crippen LogP contribution in [0, 0.1) is 0 Å². The Kier molecular flexibility index (Phi) is 5.62. The summed E-state index contributed by atoms with van der Waals surface area (Å²) in [5.41, 5.74) is 1.26. The van der Waals surface area contributed by atoms with Crippen molar-refractivity contribution in [3.8, 4) is 0 Å². The quantitative estimate of drug-likeness (QED) is 0.846. The summed E-state index contributed by atoms with van der Waals surface area (Å²) in [5.74, 6) is 0.0679. The summed E-state index contributed by atoms with van der Waals surface area (Å²) in [7, 11) is 0. The van der Waals surface area contributed by atoms with Crippen molar-refractivity contribution in [2.24, 2.45) is 0 Å². The van der Waals surface area contributed by atoms with Crippen LogP contribution in [-0.2, 0) is 11.3 Å². The zero-order valence-electron chi connectivity index (χ0n) is 11.6. The molecule has 1 N–H and O–H groups in total. The highest BCUT2D eigenvalue weighted by Crippen LogP contribution is 2.16. The van der Waals surface area contributed by atoms with Gasteiger partial charge in [-0.1, -0.05) is 29.8 Å². The number of rotatable bonds is 5. The number of nitrogens with zero attached hydrogens (tertiary/aromatic N) is 1. The summed E-state index contributed by atoms with van der Waals surface area (Å²) in [6.07, 6.45) is 4.21. The minimum absolute atomic E-state index is 0.0679. The van der Waals surface area contributed by atoms with E-state index in [2.05, 4.69) is 28.9 Å². The Hall–Kier alpha value is -1.32. The molecule has 108 valence electrons. The van der Waals surface area contributed by atoms with E-state index in [1.54, 1.807) is 6.08 Å². The Balaban J connectivity index is 1.85. The number of halogens is 1. The summed E-state index contributed by atoms with van der Waals surface area (Å²) in [4.78, 5) is 14.0. The van der Waals surface area contributed by atoms with Crippen molar-refractivity contribution >= 4 is 17.5 Å². The molecule has 1 saturated heterocycles. The normalized spacial score (nSPS) is 19.6. The SMILES string of the molecule is C=CCC(=O)N[C@@H]1CCCN(Cc2ccc(Cl)cc2)C1. The maximum absolute atomic E-state index is 11.6. The number of piperidine rings is 1. The van der Waals surface area contributed by atoms with Crippen molar-refractivity contribution in [3.05, 3.63) is 47.5 Å². The molecule has 1 amide bonds. The minimum atomic E-state index is 0.0679. The third-order valence-corrected chi connectivity index (χ3v) is 3.77. The lowest BCUT2D eigenvalue weighted by Crippen LogP contribution is -2.47. The molecule has 2 rings (SSSR count). The molecule has 0 saturated carbocycles. The molecule has 1 aromatic rings. The van der Waals surface area contributed by atoms with E-state index in [0.29, 0.717) is 6.42 Å². The molecule has 1 heterocycles. The van der Waals surface area contributed by atoms with Crippen LogP contribution in [0.2, 0.25) is 5.02 Å². The second-order valence-electron chi connectivity index (χ2n) is 5.26. The van der Waals surface area contributed by atoms with E-state index in [-0.39, 0.29) is 11.9 Å². The topological polar surface area (TPSA) is 32.3 Å². The number of carbonyl (C=O) groups is 1. The highest BCUT2D eigenvalue weighted by molar-refractivity contribution is 6.30. The van der Waals surface area contributed by atoms with Gasteiger partial charge in [-0.3, -0.25) is 9.69 Å². The fourth-order valence-electron chi connectivity index (χ4n) is 2.58. The van der Waals surface area contributed by atoms with Gasteiger partial charge in [0.1, 0.15) is 0 Å². The lowest BCUT2D eigenvalue weighted by Gasteiger charge is -2.33. The van der Waals surface area contributed by atoms with Gasteiger partial charge >= 0.3 is 0 Å². The zero-order valence-corrected chi connectivity index (χ0v) is 12.4. The van der Waals surface area contributed by atoms with Gasteiger partial charge in [-0.15, -0.1) is 6.58 Å². The monoisotopic (exact) mass is 292 g/mol. The van der Waals surface area contributed by atoms with Gasteiger partial charge in [0, 0.05) is 30.6 Å². The van der Waals surface area contributed by atoms with Crippen LogP contribution < -0.4 is 5.32 Å². The third kappa shape index (κ3) is 4.66. The summed E-state index contributed by atoms with van der Waals surface area (Å²) in [6.45, 7) is 6.49. The molecule has 1 atom stereocenters. The molecule has 0 bridgehead atoms. The predicted octanol–water partition coefficient (Wildman–Crippen LogP) is 3.00. The van der Waals surface area contributed by atoms with Crippen molar-refractivity contribution in [1.82, 2.24) is 10.2 Å². The van der Waals surface area contributed by atoms with E-state index in [4.69, 9.17) is 11.6 Å². The van der Waals surface area contributed by atoms with Gasteiger partial charge in [0.2, 0.25) is 5.91 Å². The second kappa shape index (κ2) is 7.46. The maximum Gasteiger partial charge on any atom is 0.224 e. The van der Waals surface area contributed by atoms with Crippen LogP contribution in [-0.4, -0.2) is 29.9 Å². The van der Waals surface area contributed by atoms with Gasteiger partial charge in [-0.05, 0) is 37.1 Å². The van der Waals surface area contributed by atoms with E-state index in [1.807, 2.05) is 12.1 Å². The van der Waals surface area contributed by atoms with Crippen molar-refractivity contribution in [2.45, 2.75) is 31.8 Å². The first-order chi connectivity index (χ1) is 9.67. The molecule has 0 aromatic heterocycles. The maximum atomic E-state index is 11.6. The van der Waals surface area contributed by atoms with Crippen LogP contribution in [0.25, 0.3) is 0 Å². The van der Waals surface area contributed by atoms with Crippen LogP contribution in [0.15, 0.2) is 36.9 Å². The van der Waals surface area contributed by atoms with Gasteiger partial charge in [-0.2, -0.15) is 0 Å². The third-order valence-electron chi connectivity index (χ3n) is 3.52. The molecule has 0 radical (unpaired) electrons. The molecule has 0 spiro atoms. The number of carbonyl (C=O) groups excluding carboxylic acids is 1. The lowest BCUT2D eigenvalue weighted by molar-refractivity contribution is -0.121. The van der Waals surface area contributed by atoms with Crippen LogP contribution in [0.5, 0.6) is 0 Å². The first-order valence-corrected chi connectivity index (χ1v) is 7.42. The van der Waals surface area contributed by atoms with Gasteiger partial charge in [0.05, 0.1) is 0 Å². The standard InChI is InChI=1S/C16H21ClN2O/c1-2-4-16(20)18-15-5-3-10-19(12-15)11-13-6-8-14(17)9-7-13/h2,6-9,15H,1,3-5,10-12H2,(H,18,20)/t15-/m1/s1. The first kappa shape index (κ1) is 15.1. The van der Waals surface area contributed by atoms with E-state index in [9.17, 15) is 4.79 Å². The van der Waals surface area contributed by atoms with Crippen LogP contribution in [0.1, 0.15) is 24.8 Å². The molecule has 0 unspecified atom stereocenters.